The number of fused-ring (bicyclic) bond motifs is 1. The molecule has 2 fully saturated rings. The molecule has 2 rings (SSSR count). The lowest BCUT2D eigenvalue weighted by atomic mass is 10.0. The number of hydrogen-bond donors (Lipinski definition) is 1. The lowest BCUT2D eigenvalue weighted by Crippen LogP contribution is -2.17. The molecule has 0 amide bonds. The maximum atomic E-state index is 11.4. The van der Waals surface area contributed by atoms with E-state index in [0.717, 1.165) is 6.42 Å². The fourth-order valence-corrected chi connectivity index (χ4v) is 4.44. The van der Waals surface area contributed by atoms with Gasteiger partial charge < -0.3 is 5.11 Å². The van der Waals surface area contributed by atoms with Crippen LogP contribution in [0, 0.1) is 11.8 Å². The van der Waals surface area contributed by atoms with Crippen LogP contribution in [0.25, 0.3) is 0 Å². The van der Waals surface area contributed by atoms with Crippen molar-refractivity contribution in [2.24, 2.45) is 11.8 Å². The van der Waals surface area contributed by atoms with Crippen molar-refractivity contribution < 1.29 is 17.7 Å². The van der Waals surface area contributed by atoms with Gasteiger partial charge in [0.1, 0.15) is 0 Å². The third-order valence-electron chi connectivity index (χ3n) is 3.17. The average molecular weight is 206 g/mol. The van der Waals surface area contributed by atoms with E-state index in [1.54, 1.807) is 6.92 Å². The van der Waals surface area contributed by atoms with Crippen molar-refractivity contribution >= 4 is 10.1 Å². The predicted molar refractivity (Wildman–Crippen MR) is 46.6 cm³/mol. The van der Waals surface area contributed by atoms with Gasteiger partial charge in [-0.3, -0.25) is 4.18 Å². The van der Waals surface area contributed by atoms with E-state index in [9.17, 15) is 8.42 Å². The molecule has 13 heavy (non-hydrogen) atoms. The summed E-state index contributed by atoms with van der Waals surface area (Å²) in [7, 11) is -3.33. The Hall–Kier alpha value is -0.130. The molecule has 4 unspecified atom stereocenters. The van der Waals surface area contributed by atoms with Crippen LogP contribution in [0.1, 0.15) is 19.8 Å². The molecule has 1 aliphatic heterocycles. The van der Waals surface area contributed by atoms with Crippen molar-refractivity contribution in [2.45, 2.75) is 31.1 Å². The molecule has 5 heteroatoms. The van der Waals surface area contributed by atoms with E-state index in [4.69, 9.17) is 9.29 Å². The van der Waals surface area contributed by atoms with E-state index in [2.05, 4.69) is 0 Å². The van der Waals surface area contributed by atoms with Crippen LogP contribution in [0.4, 0.5) is 0 Å². The van der Waals surface area contributed by atoms with Crippen molar-refractivity contribution in [3.63, 3.8) is 0 Å². The fraction of sp³-hybridized carbons (Fsp3) is 1.00. The topological polar surface area (TPSA) is 63.6 Å². The zero-order valence-corrected chi connectivity index (χ0v) is 8.33. The molecule has 0 radical (unpaired) electrons. The Kier molecular flexibility index (Phi) is 2.13. The first-order chi connectivity index (χ1) is 6.04. The van der Waals surface area contributed by atoms with Crippen molar-refractivity contribution in [3.05, 3.63) is 0 Å². The second-order valence-corrected chi connectivity index (χ2v) is 5.80. The summed E-state index contributed by atoms with van der Waals surface area (Å²) in [5, 5.41) is 8.58. The summed E-state index contributed by atoms with van der Waals surface area (Å²) in [5.74, 6) is 0.248. The standard InChI is InChI=1S/C8H14O4S/c1-5-7-2-6(4-9)3-8(7)13(10,11)12-5/h5-9H,2-4H2,1H3. The third kappa shape index (κ3) is 1.39. The maximum absolute atomic E-state index is 11.4. The number of hydrogen-bond acceptors (Lipinski definition) is 4. The Morgan fingerprint density at radius 1 is 1.46 bits per heavy atom. The minimum Gasteiger partial charge on any atom is -0.396 e. The summed E-state index contributed by atoms with van der Waals surface area (Å²) in [5.41, 5.74) is 0. The monoisotopic (exact) mass is 206 g/mol. The van der Waals surface area contributed by atoms with Gasteiger partial charge in [-0.15, -0.1) is 0 Å². The van der Waals surface area contributed by atoms with Gasteiger partial charge in [-0.1, -0.05) is 0 Å². The first kappa shape index (κ1) is 9.43. The molecule has 0 aromatic rings. The largest absolute Gasteiger partial charge is 0.396 e. The molecule has 4 nitrogen and oxygen atoms in total. The van der Waals surface area contributed by atoms with Crippen LogP contribution in [0.15, 0.2) is 0 Å². The summed E-state index contributed by atoms with van der Waals surface area (Å²) < 4.78 is 27.7. The van der Waals surface area contributed by atoms with E-state index >= 15 is 0 Å². The number of aliphatic hydroxyl groups excluding tert-OH is 1. The molecule has 76 valence electrons. The van der Waals surface area contributed by atoms with Crippen molar-refractivity contribution in [1.29, 1.82) is 0 Å². The van der Waals surface area contributed by atoms with Gasteiger partial charge in [-0.05, 0) is 25.7 Å². The first-order valence-corrected chi connectivity index (χ1v) is 6.04. The van der Waals surface area contributed by atoms with Crippen LogP contribution in [0.5, 0.6) is 0 Å². The molecule has 2 aliphatic rings. The van der Waals surface area contributed by atoms with Gasteiger partial charge in [-0.2, -0.15) is 8.42 Å². The molecular weight excluding hydrogens is 192 g/mol. The maximum Gasteiger partial charge on any atom is 0.270 e. The van der Waals surface area contributed by atoms with Gasteiger partial charge in [0, 0.05) is 12.5 Å². The summed E-state index contributed by atoms with van der Waals surface area (Å²) in [4.78, 5) is 0. The number of rotatable bonds is 1. The first-order valence-electron chi connectivity index (χ1n) is 4.57. The lowest BCUT2D eigenvalue weighted by molar-refractivity contribution is 0.180. The molecule has 4 atom stereocenters. The van der Waals surface area contributed by atoms with Crippen LogP contribution < -0.4 is 0 Å². The van der Waals surface area contributed by atoms with Crippen molar-refractivity contribution in [1.82, 2.24) is 0 Å². The van der Waals surface area contributed by atoms with Crippen LogP contribution in [0.2, 0.25) is 0 Å². The second kappa shape index (κ2) is 2.93. The van der Waals surface area contributed by atoms with Gasteiger partial charge >= 0.3 is 0 Å². The third-order valence-corrected chi connectivity index (χ3v) is 5.02. The molecule has 1 aliphatic carbocycles. The Morgan fingerprint density at radius 3 is 2.69 bits per heavy atom. The summed E-state index contributed by atoms with van der Waals surface area (Å²) in [6.45, 7) is 1.89. The lowest BCUT2D eigenvalue weighted by Gasteiger charge is -2.09. The normalized spacial score (nSPS) is 47.8. The van der Waals surface area contributed by atoms with E-state index in [-0.39, 0.29) is 29.8 Å². The zero-order valence-electron chi connectivity index (χ0n) is 7.51. The highest BCUT2D eigenvalue weighted by Crippen LogP contribution is 2.44. The molecular formula is C8H14O4S. The van der Waals surface area contributed by atoms with E-state index < -0.39 is 10.1 Å². The quantitative estimate of drug-likeness (QED) is 0.619. The highest BCUT2D eigenvalue weighted by molar-refractivity contribution is 7.87. The Bertz CT molecular complexity index is 297. The van der Waals surface area contributed by atoms with Gasteiger partial charge in [0.15, 0.2) is 0 Å². The molecule has 1 saturated carbocycles. The Balaban J connectivity index is 2.23. The fourth-order valence-electron chi connectivity index (χ4n) is 2.47. The van der Waals surface area contributed by atoms with Crippen molar-refractivity contribution in [2.75, 3.05) is 6.61 Å². The molecule has 0 bridgehead atoms. The van der Waals surface area contributed by atoms with Crippen LogP contribution in [0.3, 0.4) is 0 Å². The Morgan fingerprint density at radius 2 is 2.15 bits per heavy atom. The minimum atomic E-state index is -3.33. The van der Waals surface area contributed by atoms with E-state index in [0.29, 0.717) is 6.42 Å². The Labute approximate surface area is 78.0 Å². The van der Waals surface area contributed by atoms with Gasteiger partial charge in [0.25, 0.3) is 10.1 Å². The average Bonchev–Trinajstić information content (AvgIpc) is 2.53. The highest BCUT2D eigenvalue weighted by Gasteiger charge is 2.51. The molecule has 0 spiro atoms. The molecule has 1 saturated heterocycles. The zero-order chi connectivity index (χ0) is 9.64. The van der Waals surface area contributed by atoms with Crippen LogP contribution in [-0.2, 0) is 14.3 Å². The van der Waals surface area contributed by atoms with Gasteiger partial charge in [0.05, 0.1) is 11.4 Å². The smallest absolute Gasteiger partial charge is 0.270 e. The summed E-state index contributed by atoms with van der Waals surface area (Å²) >= 11 is 0. The minimum absolute atomic E-state index is 0.0925. The molecule has 1 heterocycles. The molecule has 0 aromatic carbocycles. The summed E-state index contributed by atoms with van der Waals surface area (Å²) in [6.07, 6.45) is 1.14. The molecule has 1 N–H and O–H groups in total. The summed E-state index contributed by atoms with van der Waals surface area (Å²) in [6, 6.07) is 0. The highest BCUT2D eigenvalue weighted by atomic mass is 32.2. The van der Waals surface area contributed by atoms with Crippen LogP contribution in [-0.4, -0.2) is 31.5 Å². The van der Waals surface area contributed by atoms with Gasteiger partial charge in [0.2, 0.25) is 0 Å². The van der Waals surface area contributed by atoms with Gasteiger partial charge in [-0.25, -0.2) is 0 Å². The predicted octanol–water partition coefficient (Wildman–Crippen LogP) is 0.122. The van der Waals surface area contributed by atoms with Crippen LogP contribution >= 0.6 is 0 Å². The second-order valence-electron chi connectivity index (χ2n) is 4.02. The number of aliphatic hydroxyl groups is 1. The van der Waals surface area contributed by atoms with E-state index in [1.807, 2.05) is 0 Å². The van der Waals surface area contributed by atoms with E-state index in [1.165, 1.54) is 0 Å². The SMILES string of the molecule is CC1OS(=O)(=O)C2CC(CO)CC12. The molecule has 0 aromatic heterocycles. The van der Waals surface area contributed by atoms with Crippen molar-refractivity contribution in [3.8, 4) is 0 Å².